The number of aliphatic hydroxyl groups excluding tert-OH is 1. The number of guanidine groups is 1. The highest BCUT2D eigenvalue weighted by atomic mass is 16.4. The van der Waals surface area contributed by atoms with E-state index < -0.39 is 42.4 Å². The number of carbonyl (C=O) groups is 5. The van der Waals surface area contributed by atoms with Crippen LogP contribution in [0.4, 0.5) is 0 Å². The number of amides is 4. The van der Waals surface area contributed by atoms with Gasteiger partial charge in [-0.3, -0.25) is 29.1 Å². The van der Waals surface area contributed by atoms with Crippen molar-refractivity contribution in [1.29, 1.82) is 0 Å². The lowest BCUT2D eigenvalue weighted by Gasteiger charge is -2.30. The quantitative estimate of drug-likeness (QED) is 0.0207. The Morgan fingerprint density at radius 3 is 1.39 bits per heavy atom. The molecule has 0 unspecified atom stereocenters. The maximum atomic E-state index is 13.8. The summed E-state index contributed by atoms with van der Waals surface area (Å²) in [6.45, 7) is 3.22. The van der Waals surface area contributed by atoms with Gasteiger partial charge in [-0.15, -0.1) is 0 Å². The second-order valence-electron chi connectivity index (χ2n) is 15.5. The van der Waals surface area contributed by atoms with Crippen molar-refractivity contribution in [3.63, 3.8) is 0 Å². The van der Waals surface area contributed by atoms with Gasteiger partial charge < -0.3 is 32.3 Å². The number of nitrogens with zero attached hydrogens (tertiary/aromatic N) is 2. The Labute approximate surface area is 339 Å². The first-order chi connectivity index (χ1) is 27.1. The second-order valence-corrected chi connectivity index (χ2v) is 15.5. The first-order valence-corrected chi connectivity index (χ1v) is 22.4. The van der Waals surface area contributed by atoms with Gasteiger partial charge in [0.15, 0.2) is 12.0 Å². The third-order valence-corrected chi connectivity index (χ3v) is 10.3. The van der Waals surface area contributed by atoms with Crippen LogP contribution in [0, 0.1) is 0 Å². The molecule has 0 aliphatic rings. The van der Waals surface area contributed by atoms with E-state index in [2.05, 4.69) is 29.5 Å². The number of imide groups is 1. The molecule has 0 aromatic heterocycles. The molecule has 0 aliphatic carbocycles. The number of aliphatic carboxylic acids is 1. The fourth-order valence-corrected chi connectivity index (χ4v) is 6.88. The zero-order chi connectivity index (χ0) is 41.7. The number of carbonyl (C=O) groups excluding carboxylic acids is 4. The molecule has 0 aliphatic heterocycles. The SMILES string of the molecule is CCCCCCCCCCCCCCCC(=O)NCC(=O)N[C@@H](CCCN=C(N)N)C(=O)N(C(=O)CCCCCCCCCCCCCCC)[C@@H](CO)C(=O)O. The maximum Gasteiger partial charge on any atom is 0.329 e. The number of carboxylic acids is 1. The van der Waals surface area contributed by atoms with Crippen LogP contribution in [0.2, 0.25) is 0 Å². The molecule has 0 saturated heterocycles. The van der Waals surface area contributed by atoms with Gasteiger partial charge in [-0.1, -0.05) is 168 Å². The standard InChI is InChI=1S/C43H82N6O7/c1-3-5-7-9-11-13-15-17-19-21-23-25-27-31-38(51)47-34-39(52)48-36(30-29-33-46-43(44)45)41(54)49(37(35-50)42(55)56)40(53)32-28-26-24-22-20-18-16-14-12-10-8-6-4-2/h36-37,50H,3-35H2,1-2H3,(H,47,51)(H,48,52)(H,55,56)(H4,44,45,46)/t36-,37-/m0/s1. The maximum absolute atomic E-state index is 13.8. The van der Waals surface area contributed by atoms with E-state index in [9.17, 15) is 34.2 Å². The minimum absolute atomic E-state index is 0.00541. The van der Waals surface area contributed by atoms with E-state index in [-0.39, 0.29) is 50.6 Å². The van der Waals surface area contributed by atoms with Crippen LogP contribution in [-0.4, -0.2) is 82.5 Å². The largest absolute Gasteiger partial charge is 0.480 e. The summed E-state index contributed by atoms with van der Waals surface area (Å²) < 4.78 is 0. The number of rotatable bonds is 39. The van der Waals surface area contributed by atoms with E-state index in [0.717, 1.165) is 44.9 Å². The highest BCUT2D eigenvalue weighted by Gasteiger charge is 2.38. The highest BCUT2D eigenvalue weighted by Crippen LogP contribution is 2.16. The van der Waals surface area contributed by atoms with Gasteiger partial charge in [0.2, 0.25) is 17.7 Å². The van der Waals surface area contributed by atoms with E-state index >= 15 is 0 Å². The molecule has 13 heteroatoms. The highest BCUT2D eigenvalue weighted by molar-refractivity contribution is 6.02. The monoisotopic (exact) mass is 795 g/mol. The fourth-order valence-electron chi connectivity index (χ4n) is 6.88. The molecule has 2 atom stereocenters. The van der Waals surface area contributed by atoms with Gasteiger partial charge in [-0.05, 0) is 25.7 Å². The summed E-state index contributed by atoms with van der Waals surface area (Å²) >= 11 is 0. The summed E-state index contributed by atoms with van der Waals surface area (Å²) in [5.41, 5.74) is 10.8. The van der Waals surface area contributed by atoms with Crippen LogP contribution in [0.5, 0.6) is 0 Å². The summed E-state index contributed by atoms with van der Waals surface area (Å²) in [6.07, 6.45) is 30.4. The van der Waals surface area contributed by atoms with Gasteiger partial charge in [-0.2, -0.15) is 0 Å². The van der Waals surface area contributed by atoms with E-state index in [4.69, 9.17) is 11.5 Å². The van der Waals surface area contributed by atoms with Gasteiger partial charge in [0, 0.05) is 19.4 Å². The predicted molar refractivity (Wildman–Crippen MR) is 226 cm³/mol. The molecule has 0 aromatic rings. The third kappa shape index (κ3) is 30.0. The number of aliphatic imine (C=N–C) groups is 1. The number of unbranched alkanes of at least 4 members (excludes halogenated alkanes) is 24. The van der Waals surface area contributed by atoms with Crippen molar-refractivity contribution in [3.8, 4) is 0 Å². The molecular formula is C43H82N6O7. The van der Waals surface area contributed by atoms with Crippen LogP contribution in [0.25, 0.3) is 0 Å². The van der Waals surface area contributed by atoms with Gasteiger partial charge >= 0.3 is 5.97 Å². The Balaban J connectivity index is 4.92. The van der Waals surface area contributed by atoms with Crippen LogP contribution < -0.4 is 22.1 Å². The van der Waals surface area contributed by atoms with Crippen molar-refractivity contribution in [3.05, 3.63) is 0 Å². The number of nitrogens with two attached hydrogens (primary N) is 2. The Kier molecular flexibility index (Phi) is 35.2. The first-order valence-electron chi connectivity index (χ1n) is 22.4. The zero-order valence-corrected chi connectivity index (χ0v) is 35.5. The van der Waals surface area contributed by atoms with Crippen molar-refractivity contribution >= 4 is 35.6 Å². The minimum atomic E-state index is -1.81. The average Bonchev–Trinajstić information content (AvgIpc) is 3.17. The molecule has 0 heterocycles. The van der Waals surface area contributed by atoms with E-state index in [1.165, 1.54) is 109 Å². The van der Waals surface area contributed by atoms with Gasteiger partial charge in [0.05, 0.1) is 13.2 Å². The number of hydrogen-bond acceptors (Lipinski definition) is 7. The molecular weight excluding hydrogens is 713 g/mol. The number of hydrogen-bond donors (Lipinski definition) is 6. The van der Waals surface area contributed by atoms with Crippen molar-refractivity contribution in [1.82, 2.24) is 15.5 Å². The van der Waals surface area contributed by atoms with Crippen LogP contribution >= 0.6 is 0 Å². The minimum Gasteiger partial charge on any atom is -0.480 e. The average molecular weight is 795 g/mol. The van der Waals surface area contributed by atoms with E-state index in [0.29, 0.717) is 17.7 Å². The molecule has 8 N–H and O–H groups in total. The first kappa shape index (κ1) is 52.8. The van der Waals surface area contributed by atoms with E-state index in [1.54, 1.807) is 0 Å². The molecule has 0 fully saturated rings. The summed E-state index contributed by atoms with van der Waals surface area (Å²) in [4.78, 5) is 69.2. The summed E-state index contributed by atoms with van der Waals surface area (Å²) in [5.74, 6) is -4.30. The molecule has 56 heavy (non-hydrogen) atoms. The second kappa shape index (κ2) is 37.4. The smallest absolute Gasteiger partial charge is 0.329 e. The van der Waals surface area contributed by atoms with Crippen molar-refractivity contribution in [2.45, 2.75) is 219 Å². The summed E-state index contributed by atoms with van der Waals surface area (Å²) in [5, 5.41) is 24.9. The summed E-state index contributed by atoms with van der Waals surface area (Å²) in [6, 6.07) is -3.12. The Morgan fingerprint density at radius 2 is 1.00 bits per heavy atom. The van der Waals surface area contributed by atoms with Gasteiger partial charge in [-0.25, -0.2) is 4.79 Å². The van der Waals surface area contributed by atoms with Gasteiger partial charge in [0.1, 0.15) is 6.04 Å². The van der Waals surface area contributed by atoms with E-state index in [1.807, 2.05) is 0 Å². The molecule has 326 valence electrons. The summed E-state index contributed by atoms with van der Waals surface area (Å²) in [7, 11) is 0. The Morgan fingerprint density at radius 1 is 0.589 bits per heavy atom. The molecule has 0 bridgehead atoms. The van der Waals surface area contributed by atoms with Crippen LogP contribution in [0.3, 0.4) is 0 Å². The van der Waals surface area contributed by atoms with Crippen LogP contribution in [0.15, 0.2) is 4.99 Å². The third-order valence-electron chi connectivity index (χ3n) is 10.3. The van der Waals surface area contributed by atoms with Crippen LogP contribution in [-0.2, 0) is 24.0 Å². The molecule has 0 rings (SSSR count). The lowest BCUT2D eigenvalue weighted by molar-refractivity contribution is -0.161. The number of aliphatic hydroxyl groups is 1. The number of carboxylic acid groups (broad SMARTS) is 1. The number of nitrogens with one attached hydrogen (secondary N) is 2. The molecule has 0 saturated carbocycles. The lowest BCUT2D eigenvalue weighted by atomic mass is 10.0. The molecule has 0 aromatic carbocycles. The van der Waals surface area contributed by atoms with Gasteiger partial charge in [0.25, 0.3) is 5.91 Å². The lowest BCUT2D eigenvalue weighted by Crippen LogP contribution is -2.58. The van der Waals surface area contributed by atoms with Crippen LogP contribution in [0.1, 0.15) is 206 Å². The molecule has 0 spiro atoms. The van der Waals surface area contributed by atoms with Crippen molar-refractivity contribution < 1.29 is 34.2 Å². The Hall–Kier alpha value is -3.22. The molecule has 4 amide bonds. The topological polar surface area (TPSA) is 218 Å². The van der Waals surface area contributed by atoms with Crippen molar-refractivity contribution in [2.75, 3.05) is 19.7 Å². The molecule has 0 radical (unpaired) electrons. The predicted octanol–water partition coefficient (Wildman–Crippen LogP) is 7.40. The zero-order valence-electron chi connectivity index (χ0n) is 35.5. The normalized spacial score (nSPS) is 12.1. The fraction of sp³-hybridized carbons (Fsp3) is 0.860. The Bertz CT molecular complexity index is 1070. The van der Waals surface area contributed by atoms with Crippen molar-refractivity contribution in [2.24, 2.45) is 16.5 Å². The molecule has 13 nitrogen and oxygen atoms in total.